The predicted molar refractivity (Wildman–Crippen MR) is 103 cm³/mol. The van der Waals surface area contributed by atoms with Gasteiger partial charge in [-0.05, 0) is 36.6 Å². The van der Waals surface area contributed by atoms with Gasteiger partial charge in [0.25, 0.3) is 0 Å². The highest BCUT2D eigenvalue weighted by atomic mass is 15.4. The lowest BCUT2D eigenvalue weighted by atomic mass is 9.88. The van der Waals surface area contributed by atoms with E-state index in [1.54, 1.807) is 4.52 Å². The third-order valence-electron chi connectivity index (χ3n) is 4.56. The molecule has 4 aromatic rings. The topological polar surface area (TPSA) is 55.1 Å². The Morgan fingerprint density at radius 1 is 0.846 bits per heavy atom. The van der Waals surface area contributed by atoms with Crippen molar-refractivity contribution >= 4 is 11.5 Å². The Hall–Kier alpha value is -3.21. The van der Waals surface area contributed by atoms with E-state index in [1.165, 1.54) is 11.1 Å². The van der Waals surface area contributed by atoms with Crippen molar-refractivity contribution in [1.82, 2.24) is 19.8 Å². The van der Waals surface area contributed by atoms with Crippen molar-refractivity contribution in [3.8, 4) is 0 Å². The fourth-order valence-electron chi connectivity index (χ4n) is 3.23. The van der Waals surface area contributed by atoms with Crippen molar-refractivity contribution in [2.45, 2.75) is 19.3 Å². The second kappa shape index (κ2) is 7.35. The first-order chi connectivity index (χ1) is 12.8. The van der Waals surface area contributed by atoms with Crippen molar-refractivity contribution in [3.05, 3.63) is 89.7 Å². The number of fused-ring (bicyclic) bond motifs is 1. The minimum Gasteiger partial charge on any atom is -0.369 e. The minimum atomic E-state index is 0.352. The van der Waals surface area contributed by atoms with Crippen LogP contribution in [0.25, 0.3) is 5.65 Å². The molecule has 26 heavy (non-hydrogen) atoms. The van der Waals surface area contributed by atoms with Crippen LogP contribution in [-0.2, 0) is 0 Å². The molecule has 0 saturated heterocycles. The van der Waals surface area contributed by atoms with Crippen molar-refractivity contribution in [2.75, 3.05) is 11.9 Å². The van der Waals surface area contributed by atoms with Crippen LogP contribution in [0.15, 0.2) is 72.8 Å². The lowest BCUT2D eigenvalue weighted by Gasteiger charge is -2.18. The zero-order valence-corrected chi connectivity index (χ0v) is 14.7. The number of nitrogens with zero attached hydrogens (tertiary/aromatic N) is 4. The van der Waals surface area contributed by atoms with Crippen molar-refractivity contribution < 1.29 is 0 Å². The highest BCUT2D eigenvalue weighted by Gasteiger charge is 2.13. The lowest BCUT2D eigenvalue weighted by molar-refractivity contribution is 0.740. The molecule has 2 aromatic carbocycles. The fraction of sp³-hybridized carbons (Fsp3) is 0.190. The number of hydrogen-bond acceptors (Lipinski definition) is 4. The van der Waals surface area contributed by atoms with Gasteiger partial charge in [-0.15, -0.1) is 15.3 Å². The molecular formula is C21H21N5. The van der Waals surface area contributed by atoms with Crippen LogP contribution in [0.5, 0.6) is 0 Å². The average Bonchev–Trinajstić information content (AvgIpc) is 3.07. The average molecular weight is 343 g/mol. The van der Waals surface area contributed by atoms with Gasteiger partial charge in [-0.25, -0.2) is 0 Å². The third-order valence-corrected chi connectivity index (χ3v) is 4.56. The largest absolute Gasteiger partial charge is 0.369 e. The van der Waals surface area contributed by atoms with E-state index in [-0.39, 0.29) is 0 Å². The van der Waals surface area contributed by atoms with Gasteiger partial charge in [-0.3, -0.25) is 0 Å². The second-order valence-corrected chi connectivity index (χ2v) is 6.33. The van der Waals surface area contributed by atoms with Gasteiger partial charge >= 0.3 is 0 Å². The van der Waals surface area contributed by atoms with E-state index in [9.17, 15) is 0 Å². The fourth-order valence-corrected chi connectivity index (χ4v) is 3.23. The van der Waals surface area contributed by atoms with Gasteiger partial charge < -0.3 is 5.32 Å². The Morgan fingerprint density at radius 2 is 1.50 bits per heavy atom. The van der Waals surface area contributed by atoms with Crippen LogP contribution in [0.2, 0.25) is 0 Å². The molecule has 4 rings (SSSR count). The molecule has 0 aliphatic carbocycles. The molecule has 0 aliphatic heterocycles. The molecule has 0 fully saturated rings. The van der Waals surface area contributed by atoms with Gasteiger partial charge in [0.15, 0.2) is 11.5 Å². The van der Waals surface area contributed by atoms with Crippen LogP contribution in [-0.4, -0.2) is 26.4 Å². The van der Waals surface area contributed by atoms with Gasteiger partial charge in [0.2, 0.25) is 0 Å². The molecule has 0 radical (unpaired) electrons. The normalized spacial score (nSPS) is 11.2. The zero-order chi connectivity index (χ0) is 17.8. The smallest absolute Gasteiger partial charge is 0.178 e. The second-order valence-electron chi connectivity index (χ2n) is 6.33. The molecule has 2 aromatic heterocycles. The Kier molecular flexibility index (Phi) is 4.60. The minimum absolute atomic E-state index is 0.352. The Balaban J connectivity index is 1.50. The standard InChI is InChI=1S/C21H21N5/c1-16-23-24-21-13-12-20(25-26(16)21)22-15-14-19(17-8-4-2-5-9-17)18-10-6-3-7-11-18/h2-13,19H,14-15H2,1H3,(H,22,25). The zero-order valence-electron chi connectivity index (χ0n) is 14.7. The SMILES string of the molecule is Cc1nnc2ccc(NCCC(c3ccccc3)c3ccccc3)nn12. The summed E-state index contributed by atoms with van der Waals surface area (Å²) in [6, 6.07) is 25.2. The summed E-state index contributed by atoms with van der Waals surface area (Å²) in [7, 11) is 0. The first-order valence-electron chi connectivity index (χ1n) is 8.84. The van der Waals surface area contributed by atoms with E-state index in [2.05, 4.69) is 81.3 Å². The summed E-state index contributed by atoms with van der Waals surface area (Å²) in [4.78, 5) is 0. The number of anilines is 1. The van der Waals surface area contributed by atoms with Crippen molar-refractivity contribution in [1.29, 1.82) is 0 Å². The highest BCUT2D eigenvalue weighted by molar-refractivity contribution is 5.44. The van der Waals surface area contributed by atoms with Crippen LogP contribution < -0.4 is 5.32 Å². The molecular weight excluding hydrogens is 322 g/mol. The first kappa shape index (κ1) is 16.3. The van der Waals surface area contributed by atoms with Crippen LogP contribution >= 0.6 is 0 Å². The van der Waals surface area contributed by atoms with E-state index in [0.29, 0.717) is 5.92 Å². The summed E-state index contributed by atoms with van der Waals surface area (Å²) < 4.78 is 1.76. The maximum atomic E-state index is 4.56. The number of hydrogen-bond donors (Lipinski definition) is 1. The highest BCUT2D eigenvalue weighted by Crippen LogP contribution is 2.27. The first-order valence-corrected chi connectivity index (χ1v) is 8.84. The summed E-state index contributed by atoms with van der Waals surface area (Å²) in [5, 5.41) is 16.1. The molecule has 0 spiro atoms. The molecule has 1 N–H and O–H groups in total. The number of aromatic nitrogens is 4. The molecule has 0 atom stereocenters. The predicted octanol–water partition coefficient (Wildman–Crippen LogP) is 4.07. The molecule has 0 bridgehead atoms. The van der Waals surface area contributed by atoms with Crippen LogP contribution in [0, 0.1) is 6.92 Å². The number of benzene rings is 2. The molecule has 0 saturated carbocycles. The monoisotopic (exact) mass is 343 g/mol. The summed E-state index contributed by atoms with van der Waals surface area (Å²) >= 11 is 0. The van der Waals surface area contributed by atoms with E-state index in [0.717, 1.165) is 30.3 Å². The van der Waals surface area contributed by atoms with E-state index >= 15 is 0 Å². The van der Waals surface area contributed by atoms with Crippen molar-refractivity contribution in [2.24, 2.45) is 0 Å². The molecule has 5 nitrogen and oxygen atoms in total. The quantitative estimate of drug-likeness (QED) is 0.573. The molecule has 0 unspecified atom stereocenters. The summed E-state index contributed by atoms with van der Waals surface area (Å²) in [6.07, 6.45) is 0.981. The Bertz CT molecular complexity index is 940. The Labute approximate surface area is 152 Å². The maximum absolute atomic E-state index is 4.56. The number of aryl methyl sites for hydroxylation is 1. The summed E-state index contributed by atoms with van der Waals surface area (Å²) in [5.41, 5.74) is 3.43. The molecule has 130 valence electrons. The molecule has 0 aliphatic rings. The molecule has 5 heteroatoms. The van der Waals surface area contributed by atoms with Gasteiger partial charge in [0.1, 0.15) is 5.82 Å². The van der Waals surface area contributed by atoms with Gasteiger partial charge in [0, 0.05) is 12.5 Å². The molecule has 2 heterocycles. The van der Waals surface area contributed by atoms with E-state index < -0.39 is 0 Å². The van der Waals surface area contributed by atoms with Gasteiger partial charge in [0.05, 0.1) is 0 Å². The Morgan fingerprint density at radius 3 is 2.15 bits per heavy atom. The molecule has 0 amide bonds. The maximum Gasteiger partial charge on any atom is 0.178 e. The number of nitrogens with one attached hydrogen (secondary N) is 1. The number of rotatable bonds is 6. The van der Waals surface area contributed by atoms with Crippen LogP contribution in [0.3, 0.4) is 0 Å². The van der Waals surface area contributed by atoms with Gasteiger partial charge in [-0.1, -0.05) is 60.7 Å². The summed E-state index contributed by atoms with van der Waals surface area (Å²) in [5.74, 6) is 1.97. The third kappa shape index (κ3) is 3.42. The van der Waals surface area contributed by atoms with Crippen LogP contribution in [0.4, 0.5) is 5.82 Å². The van der Waals surface area contributed by atoms with E-state index in [1.807, 2.05) is 19.1 Å². The van der Waals surface area contributed by atoms with Crippen LogP contribution in [0.1, 0.15) is 29.3 Å². The van der Waals surface area contributed by atoms with E-state index in [4.69, 9.17) is 0 Å². The van der Waals surface area contributed by atoms with Crippen molar-refractivity contribution in [3.63, 3.8) is 0 Å². The summed E-state index contributed by atoms with van der Waals surface area (Å²) in [6.45, 7) is 2.73. The van der Waals surface area contributed by atoms with Gasteiger partial charge in [-0.2, -0.15) is 4.52 Å². The lowest BCUT2D eigenvalue weighted by Crippen LogP contribution is -2.11.